The van der Waals surface area contributed by atoms with E-state index >= 15 is 0 Å². The number of hydrogen-bond acceptors (Lipinski definition) is 5. The first-order valence-electron chi connectivity index (χ1n) is 7.38. The molecule has 0 bridgehead atoms. The maximum Gasteiger partial charge on any atom is 0.277 e. The summed E-state index contributed by atoms with van der Waals surface area (Å²) in [6, 6.07) is 7.72. The summed E-state index contributed by atoms with van der Waals surface area (Å²) in [6.45, 7) is 1.90. The van der Waals surface area contributed by atoms with Gasteiger partial charge in [-0.2, -0.15) is 0 Å². The van der Waals surface area contributed by atoms with Crippen molar-refractivity contribution in [1.29, 1.82) is 0 Å². The van der Waals surface area contributed by atoms with E-state index in [4.69, 9.17) is 4.42 Å². The predicted molar refractivity (Wildman–Crippen MR) is 87.5 cm³/mol. The van der Waals surface area contributed by atoms with E-state index in [1.165, 1.54) is 6.26 Å². The Morgan fingerprint density at radius 2 is 2.23 bits per heavy atom. The van der Waals surface area contributed by atoms with E-state index in [1.807, 2.05) is 30.5 Å². The van der Waals surface area contributed by atoms with Crippen LogP contribution in [0.4, 0.5) is 5.69 Å². The number of oxazole rings is 1. The molecular formula is C16H19N3O2S. The second-order valence-corrected chi connectivity index (χ2v) is 6.18. The third kappa shape index (κ3) is 3.51. The van der Waals surface area contributed by atoms with Gasteiger partial charge in [0.1, 0.15) is 6.26 Å². The Kier molecular flexibility index (Phi) is 4.80. The average Bonchev–Trinajstić information content (AvgIpc) is 3.06. The maximum atomic E-state index is 12.2. The molecule has 1 unspecified atom stereocenters. The minimum atomic E-state index is -0.240. The van der Waals surface area contributed by atoms with E-state index in [-0.39, 0.29) is 11.8 Å². The van der Waals surface area contributed by atoms with Gasteiger partial charge in [-0.15, -0.1) is 11.8 Å². The fourth-order valence-corrected chi connectivity index (χ4v) is 2.92. The van der Waals surface area contributed by atoms with E-state index < -0.39 is 0 Å². The minimum absolute atomic E-state index is 0.240. The van der Waals surface area contributed by atoms with Crippen LogP contribution in [0.25, 0.3) is 0 Å². The van der Waals surface area contributed by atoms with Gasteiger partial charge in [0.15, 0.2) is 11.6 Å². The van der Waals surface area contributed by atoms with Crippen molar-refractivity contribution in [3.63, 3.8) is 0 Å². The monoisotopic (exact) mass is 317 g/mol. The highest BCUT2D eigenvalue weighted by atomic mass is 32.2. The number of benzene rings is 1. The zero-order chi connectivity index (χ0) is 15.4. The van der Waals surface area contributed by atoms with Crippen LogP contribution in [0.5, 0.6) is 0 Å². The van der Waals surface area contributed by atoms with Crippen LogP contribution in [0, 0.1) is 0 Å². The first-order chi connectivity index (χ1) is 10.8. The molecule has 1 fully saturated rings. The molecular weight excluding hydrogens is 298 g/mol. The average molecular weight is 317 g/mol. The van der Waals surface area contributed by atoms with Gasteiger partial charge in [0.05, 0.1) is 0 Å². The van der Waals surface area contributed by atoms with Crippen molar-refractivity contribution in [3.8, 4) is 0 Å². The van der Waals surface area contributed by atoms with Gasteiger partial charge in [0.2, 0.25) is 0 Å². The maximum absolute atomic E-state index is 12.2. The molecule has 0 radical (unpaired) electrons. The molecule has 2 aromatic rings. The molecule has 0 saturated carbocycles. The Morgan fingerprint density at radius 3 is 2.91 bits per heavy atom. The number of carbonyl (C=O) groups is 1. The Balaban J connectivity index is 1.65. The predicted octanol–water partition coefficient (Wildman–Crippen LogP) is 3.12. The summed E-state index contributed by atoms with van der Waals surface area (Å²) in [7, 11) is 0. The Morgan fingerprint density at radius 1 is 1.41 bits per heavy atom. The zero-order valence-electron chi connectivity index (χ0n) is 12.5. The first-order valence-corrected chi connectivity index (χ1v) is 8.60. The molecule has 116 valence electrons. The second-order valence-electron chi connectivity index (χ2n) is 5.30. The molecule has 2 N–H and O–H groups in total. The molecule has 1 aliphatic rings. The van der Waals surface area contributed by atoms with Crippen LogP contribution < -0.4 is 10.6 Å². The van der Waals surface area contributed by atoms with Crippen molar-refractivity contribution >= 4 is 23.4 Å². The van der Waals surface area contributed by atoms with Crippen molar-refractivity contribution in [1.82, 2.24) is 10.3 Å². The quantitative estimate of drug-likeness (QED) is 0.848. The molecule has 1 atom stereocenters. The lowest BCUT2D eigenvalue weighted by atomic mass is 10.00. The SMILES string of the molecule is CSc1ccc(NC(=O)c2coc(C3CCCNC3)n2)cc1. The summed E-state index contributed by atoms with van der Waals surface area (Å²) >= 11 is 1.67. The van der Waals surface area contributed by atoms with E-state index in [9.17, 15) is 4.79 Å². The van der Waals surface area contributed by atoms with E-state index in [0.29, 0.717) is 11.6 Å². The lowest BCUT2D eigenvalue weighted by molar-refractivity contribution is 0.102. The molecule has 2 heterocycles. The number of nitrogens with zero attached hydrogens (tertiary/aromatic N) is 1. The van der Waals surface area contributed by atoms with Crippen LogP contribution in [0.3, 0.4) is 0 Å². The molecule has 6 heteroatoms. The fraction of sp³-hybridized carbons (Fsp3) is 0.375. The molecule has 0 spiro atoms. The van der Waals surface area contributed by atoms with Gasteiger partial charge in [-0.1, -0.05) is 0 Å². The molecule has 1 amide bonds. The fourth-order valence-electron chi connectivity index (χ4n) is 2.51. The number of nitrogens with one attached hydrogen (secondary N) is 2. The molecule has 22 heavy (non-hydrogen) atoms. The van der Waals surface area contributed by atoms with Crippen LogP contribution in [0.1, 0.15) is 35.1 Å². The van der Waals surface area contributed by atoms with Crippen molar-refractivity contribution in [2.75, 3.05) is 24.7 Å². The van der Waals surface area contributed by atoms with Gasteiger partial charge in [-0.05, 0) is 49.9 Å². The van der Waals surface area contributed by atoms with Gasteiger partial charge >= 0.3 is 0 Å². The summed E-state index contributed by atoms with van der Waals surface area (Å²) in [5, 5.41) is 6.16. The van der Waals surface area contributed by atoms with Gasteiger partial charge in [0.25, 0.3) is 5.91 Å². The summed E-state index contributed by atoms with van der Waals surface area (Å²) in [5.74, 6) is 0.668. The Labute approximate surface area is 133 Å². The van der Waals surface area contributed by atoms with Crippen LogP contribution in [-0.2, 0) is 0 Å². The number of hydrogen-bond donors (Lipinski definition) is 2. The highest BCUT2D eigenvalue weighted by Gasteiger charge is 2.22. The van der Waals surface area contributed by atoms with Crippen LogP contribution >= 0.6 is 11.8 Å². The molecule has 5 nitrogen and oxygen atoms in total. The Bertz CT molecular complexity index is 633. The molecule has 1 aromatic carbocycles. The van der Waals surface area contributed by atoms with Gasteiger partial charge in [-0.25, -0.2) is 4.98 Å². The standard InChI is InChI=1S/C16H19N3O2S/c1-22-13-6-4-12(5-7-13)18-15(20)14-10-21-16(19-14)11-3-2-8-17-9-11/h4-7,10-11,17H,2-3,8-9H2,1H3,(H,18,20). The number of rotatable bonds is 4. The molecule has 3 rings (SSSR count). The normalized spacial score (nSPS) is 18.1. The zero-order valence-corrected chi connectivity index (χ0v) is 13.3. The molecule has 0 aliphatic carbocycles. The van der Waals surface area contributed by atoms with Crippen molar-refractivity contribution < 1.29 is 9.21 Å². The smallest absolute Gasteiger partial charge is 0.277 e. The topological polar surface area (TPSA) is 67.2 Å². The lowest BCUT2D eigenvalue weighted by Crippen LogP contribution is -2.28. The largest absolute Gasteiger partial charge is 0.448 e. The van der Waals surface area contributed by atoms with E-state index in [1.54, 1.807) is 11.8 Å². The third-order valence-corrected chi connectivity index (χ3v) is 4.49. The number of thioether (sulfide) groups is 1. The molecule has 1 aromatic heterocycles. The van der Waals surface area contributed by atoms with Gasteiger partial charge < -0.3 is 15.1 Å². The van der Waals surface area contributed by atoms with Crippen molar-refractivity contribution in [2.24, 2.45) is 0 Å². The number of anilines is 1. The Hall–Kier alpha value is -1.79. The summed E-state index contributed by atoms with van der Waals surface area (Å²) in [5.41, 5.74) is 1.08. The lowest BCUT2D eigenvalue weighted by Gasteiger charge is -2.19. The summed E-state index contributed by atoms with van der Waals surface area (Å²) < 4.78 is 5.48. The van der Waals surface area contributed by atoms with E-state index in [2.05, 4.69) is 15.6 Å². The van der Waals surface area contributed by atoms with Crippen LogP contribution in [-0.4, -0.2) is 30.2 Å². The molecule has 1 saturated heterocycles. The highest BCUT2D eigenvalue weighted by Crippen LogP contribution is 2.23. The summed E-state index contributed by atoms with van der Waals surface area (Å²) in [4.78, 5) is 17.7. The molecule has 1 aliphatic heterocycles. The number of carbonyl (C=O) groups excluding carboxylic acids is 1. The number of amides is 1. The number of aromatic nitrogens is 1. The van der Waals surface area contributed by atoms with Crippen molar-refractivity contribution in [2.45, 2.75) is 23.7 Å². The highest BCUT2D eigenvalue weighted by molar-refractivity contribution is 7.98. The minimum Gasteiger partial charge on any atom is -0.448 e. The second kappa shape index (κ2) is 6.98. The van der Waals surface area contributed by atoms with Gasteiger partial charge in [-0.3, -0.25) is 4.79 Å². The number of piperidine rings is 1. The van der Waals surface area contributed by atoms with Crippen LogP contribution in [0.2, 0.25) is 0 Å². The third-order valence-electron chi connectivity index (χ3n) is 3.75. The first kappa shape index (κ1) is 15.1. The van der Waals surface area contributed by atoms with Gasteiger partial charge in [0, 0.05) is 23.0 Å². The van der Waals surface area contributed by atoms with Crippen LogP contribution in [0.15, 0.2) is 39.8 Å². The van der Waals surface area contributed by atoms with E-state index in [0.717, 1.165) is 36.5 Å². The summed E-state index contributed by atoms with van der Waals surface area (Å²) in [6.07, 6.45) is 5.61. The van der Waals surface area contributed by atoms with Crippen molar-refractivity contribution in [3.05, 3.63) is 42.1 Å².